The Morgan fingerprint density at radius 1 is 1.41 bits per heavy atom. The summed E-state index contributed by atoms with van der Waals surface area (Å²) in [6.07, 6.45) is 0.304. The smallest absolute Gasteiger partial charge is 0.373 e. The SMILES string of the molecule is COC(=O)c1ccc(Cc2nc3sc(C)c(C)c3c(=O)[nH]2)o1. The van der Waals surface area contributed by atoms with Crippen LogP contribution in [0.5, 0.6) is 0 Å². The Morgan fingerprint density at radius 3 is 2.91 bits per heavy atom. The van der Waals surface area contributed by atoms with Crippen molar-refractivity contribution in [2.45, 2.75) is 20.3 Å². The molecule has 0 aliphatic carbocycles. The Hall–Kier alpha value is -2.41. The van der Waals surface area contributed by atoms with Gasteiger partial charge in [-0.25, -0.2) is 9.78 Å². The lowest BCUT2D eigenvalue weighted by Crippen LogP contribution is -2.11. The third kappa shape index (κ3) is 2.43. The summed E-state index contributed by atoms with van der Waals surface area (Å²) in [7, 11) is 1.29. The number of methoxy groups -OCH3 is 1. The van der Waals surface area contributed by atoms with Crippen molar-refractivity contribution < 1.29 is 13.9 Å². The van der Waals surface area contributed by atoms with Crippen LogP contribution in [-0.2, 0) is 11.2 Å². The predicted octanol–water partition coefficient (Wildman–Crippen LogP) is 2.57. The highest BCUT2D eigenvalue weighted by Crippen LogP contribution is 2.26. The van der Waals surface area contributed by atoms with E-state index in [4.69, 9.17) is 4.42 Å². The fourth-order valence-corrected chi connectivity index (χ4v) is 3.28. The van der Waals surface area contributed by atoms with E-state index in [0.29, 0.717) is 28.2 Å². The van der Waals surface area contributed by atoms with Crippen molar-refractivity contribution >= 4 is 27.5 Å². The van der Waals surface area contributed by atoms with E-state index in [1.54, 1.807) is 6.07 Å². The number of aryl methyl sites for hydroxylation is 2. The van der Waals surface area contributed by atoms with E-state index in [2.05, 4.69) is 14.7 Å². The number of hydrogen-bond acceptors (Lipinski definition) is 6. The van der Waals surface area contributed by atoms with Crippen molar-refractivity contribution in [1.82, 2.24) is 9.97 Å². The number of aromatic nitrogens is 2. The molecule has 0 atom stereocenters. The maximum absolute atomic E-state index is 12.2. The van der Waals surface area contributed by atoms with Crippen LogP contribution in [0, 0.1) is 13.8 Å². The Labute approximate surface area is 129 Å². The molecule has 1 N–H and O–H groups in total. The van der Waals surface area contributed by atoms with E-state index in [-0.39, 0.29) is 11.3 Å². The monoisotopic (exact) mass is 318 g/mol. The minimum Gasteiger partial charge on any atom is -0.463 e. The number of rotatable bonds is 3. The van der Waals surface area contributed by atoms with Crippen LogP contribution >= 0.6 is 11.3 Å². The third-order valence-corrected chi connectivity index (χ3v) is 4.58. The van der Waals surface area contributed by atoms with Crippen molar-refractivity contribution in [2.24, 2.45) is 0 Å². The van der Waals surface area contributed by atoms with Gasteiger partial charge in [0.05, 0.1) is 18.9 Å². The molecule has 0 saturated heterocycles. The molecule has 0 amide bonds. The molecule has 0 aromatic carbocycles. The molecule has 6 nitrogen and oxygen atoms in total. The number of nitrogens with one attached hydrogen (secondary N) is 1. The molecule has 0 spiro atoms. The molecule has 0 radical (unpaired) electrons. The van der Waals surface area contributed by atoms with E-state index in [1.807, 2.05) is 13.8 Å². The van der Waals surface area contributed by atoms with Gasteiger partial charge in [-0.05, 0) is 31.5 Å². The molecular weight excluding hydrogens is 304 g/mol. The second kappa shape index (κ2) is 5.42. The molecule has 3 rings (SSSR count). The molecule has 0 bridgehead atoms. The van der Waals surface area contributed by atoms with Gasteiger partial charge in [-0.1, -0.05) is 0 Å². The number of esters is 1. The van der Waals surface area contributed by atoms with Crippen molar-refractivity contribution in [2.75, 3.05) is 7.11 Å². The zero-order valence-electron chi connectivity index (χ0n) is 12.4. The average Bonchev–Trinajstić information content (AvgIpc) is 3.04. The molecule has 3 aromatic heterocycles. The summed E-state index contributed by atoms with van der Waals surface area (Å²) in [6.45, 7) is 3.88. The maximum Gasteiger partial charge on any atom is 0.373 e. The van der Waals surface area contributed by atoms with Gasteiger partial charge in [-0.2, -0.15) is 0 Å². The van der Waals surface area contributed by atoms with E-state index < -0.39 is 5.97 Å². The van der Waals surface area contributed by atoms with Gasteiger partial charge in [0, 0.05) is 4.88 Å². The first kappa shape index (κ1) is 14.5. The summed E-state index contributed by atoms with van der Waals surface area (Å²) in [5.74, 6) is 0.633. The predicted molar refractivity (Wildman–Crippen MR) is 82.6 cm³/mol. The topological polar surface area (TPSA) is 85.2 Å². The summed E-state index contributed by atoms with van der Waals surface area (Å²) in [5, 5.41) is 0.640. The standard InChI is InChI=1S/C15H14N2O4S/c1-7-8(2)22-14-12(7)13(18)16-11(17-14)6-9-4-5-10(21-9)15(19)20-3/h4-5H,6H2,1-3H3,(H,16,17,18). The van der Waals surface area contributed by atoms with Crippen molar-refractivity contribution in [3.63, 3.8) is 0 Å². The highest BCUT2D eigenvalue weighted by Gasteiger charge is 2.15. The lowest BCUT2D eigenvalue weighted by molar-refractivity contribution is 0.0563. The highest BCUT2D eigenvalue weighted by molar-refractivity contribution is 7.18. The van der Waals surface area contributed by atoms with E-state index in [0.717, 1.165) is 10.4 Å². The number of furan rings is 1. The van der Waals surface area contributed by atoms with Crippen LogP contribution in [0.1, 0.15) is 32.6 Å². The zero-order chi connectivity index (χ0) is 15.9. The van der Waals surface area contributed by atoms with Gasteiger partial charge in [-0.15, -0.1) is 11.3 Å². The Balaban J connectivity index is 1.96. The second-order valence-electron chi connectivity index (χ2n) is 4.91. The highest BCUT2D eigenvalue weighted by atomic mass is 32.1. The second-order valence-corrected chi connectivity index (χ2v) is 6.11. The third-order valence-electron chi connectivity index (χ3n) is 3.48. The fraction of sp³-hybridized carbons (Fsp3) is 0.267. The van der Waals surface area contributed by atoms with Crippen LogP contribution in [0.25, 0.3) is 10.2 Å². The number of carbonyl (C=O) groups excluding carboxylic acids is 1. The number of fused-ring (bicyclic) bond motifs is 1. The normalized spacial score (nSPS) is 11.0. The number of carbonyl (C=O) groups is 1. The lowest BCUT2D eigenvalue weighted by atomic mass is 10.2. The molecule has 3 aromatic rings. The fourth-order valence-electron chi connectivity index (χ4n) is 2.23. The molecule has 0 aliphatic rings. The summed E-state index contributed by atoms with van der Waals surface area (Å²) in [4.78, 5) is 32.6. The first-order chi connectivity index (χ1) is 10.5. The number of nitrogens with zero attached hydrogens (tertiary/aromatic N) is 1. The molecule has 0 unspecified atom stereocenters. The molecule has 0 fully saturated rings. The maximum atomic E-state index is 12.2. The largest absolute Gasteiger partial charge is 0.463 e. The molecule has 114 valence electrons. The molecule has 7 heteroatoms. The molecule has 22 heavy (non-hydrogen) atoms. The summed E-state index contributed by atoms with van der Waals surface area (Å²) in [5.41, 5.74) is 0.813. The molecular formula is C15H14N2O4S. The van der Waals surface area contributed by atoms with Crippen LogP contribution in [0.2, 0.25) is 0 Å². The summed E-state index contributed by atoms with van der Waals surface area (Å²) >= 11 is 1.50. The van der Waals surface area contributed by atoms with Crippen LogP contribution in [-0.4, -0.2) is 23.0 Å². The first-order valence-corrected chi connectivity index (χ1v) is 7.47. The van der Waals surface area contributed by atoms with E-state index >= 15 is 0 Å². The van der Waals surface area contributed by atoms with Gasteiger partial charge in [0.1, 0.15) is 16.4 Å². The van der Waals surface area contributed by atoms with Gasteiger partial charge >= 0.3 is 5.97 Å². The van der Waals surface area contributed by atoms with Crippen molar-refractivity contribution in [1.29, 1.82) is 0 Å². The van der Waals surface area contributed by atoms with Crippen LogP contribution in [0.15, 0.2) is 21.3 Å². The number of H-pyrrole nitrogens is 1. The first-order valence-electron chi connectivity index (χ1n) is 6.65. The summed E-state index contributed by atoms with van der Waals surface area (Å²) in [6, 6.07) is 3.21. The molecule has 3 heterocycles. The lowest BCUT2D eigenvalue weighted by Gasteiger charge is -1.99. The number of ether oxygens (including phenoxy) is 1. The molecule has 0 aliphatic heterocycles. The van der Waals surface area contributed by atoms with Crippen LogP contribution in [0.4, 0.5) is 0 Å². The van der Waals surface area contributed by atoms with Crippen molar-refractivity contribution in [3.8, 4) is 0 Å². The number of hydrogen-bond donors (Lipinski definition) is 1. The van der Waals surface area contributed by atoms with Gasteiger partial charge < -0.3 is 14.1 Å². The van der Waals surface area contributed by atoms with Crippen LogP contribution < -0.4 is 5.56 Å². The molecule has 0 saturated carbocycles. The Kier molecular flexibility index (Phi) is 3.58. The average molecular weight is 318 g/mol. The van der Waals surface area contributed by atoms with E-state index in [1.165, 1.54) is 24.5 Å². The van der Waals surface area contributed by atoms with Crippen LogP contribution in [0.3, 0.4) is 0 Å². The van der Waals surface area contributed by atoms with Gasteiger partial charge in [0.25, 0.3) is 5.56 Å². The minimum atomic E-state index is -0.535. The van der Waals surface area contributed by atoms with Crippen molar-refractivity contribution in [3.05, 3.63) is 50.3 Å². The quantitative estimate of drug-likeness (QED) is 0.750. The Morgan fingerprint density at radius 2 is 2.18 bits per heavy atom. The van der Waals surface area contributed by atoms with Gasteiger partial charge in [0.2, 0.25) is 5.76 Å². The van der Waals surface area contributed by atoms with E-state index in [9.17, 15) is 9.59 Å². The Bertz CT molecular complexity index is 919. The number of thiophene rings is 1. The number of aromatic amines is 1. The van der Waals surface area contributed by atoms with Gasteiger partial charge in [-0.3, -0.25) is 4.79 Å². The zero-order valence-corrected chi connectivity index (χ0v) is 13.2. The minimum absolute atomic E-state index is 0.128. The summed E-state index contributed by atoms with van der Waals surface area (Å²) < 4.78 is 9.98. The van der Waals surface area contributed by atoms with Gasteiger partial charge in [0.15, 0.2) is 0 Å².